The Labute approximate surface area is 381 Å². The molecule has 0 N–H and O–H groups in total. The van der Waals surface area contributed by atoms with Crippen molar-refractivity contribution in [2.45, 2.75) is 38.2 Å². The van der Waals surface area contributed by atoms with Gasteiger partial charge in [0.15, 0.2) is 42.8 Å². The summed E-state index contributed by atoms with van der Waals surface area (Å²) in [6.07, 6.45) is 3.83. The lowest BCUT2D eigenvalue weighted by molar-refractivity contribution is 0.412. The van der Waals surface area contributed by atoms with Crippen LogP contribution in [0.4, 0.5) is 0 Å². The lowest BCUT2D eigenvalue weighted by atomic mass is 10.1. The number of aromatic nitrogens is 6. The van der Waals surface area contributed by atoms with Crippen LogP contribution in [-0.2, 0) is 44.0 Å². The van der Waals surface area contributed by atoms with Crippen LogP contribution in [0.25, 0.3) is 34.5 Å². The van der Waals surface area contributed by atoms with Gasteiger partial charge >= 0.3 is 0 Å². The summed E-state index contributed by atoms with van der Waals surface area (Å²) in [5, 5.41) is 18.2. The largest absolute Gasteiger partial charge is 0.495 e. The quantitative estimate of drug-likeness (QED) is 0.0899. The summed E-state index contributed by atoms with van der Waals surface area (Å²) in [5.74, 6) is 2.93. The molecule has 8 aromatic rings. The van der Waals surface area contributed by atoms with Crippen molar-refractivity contribution in [2.24, 2.45) is 0 Å². The summed E-state index contributed by atoms with van der Waals surface area (Å²) in [4.78, 5) is 0. The van der Waals surface area contributed by atoms with Crippen LogP contribution < -0.4 is 9.47 Å². The Morgan fingerprint density at radius 2 is 0.922 bits per heavy atom. The molecule has 64 heavy (non-hydrogen) atoms. The van der Waals surface area contributed by atoms with Gasteiger partial charge < -0.3 is 18.3 Å². The van der Waals surface area contributed by atoms with E-state index in [1.54, 1.807) is 71.9 Å². The Morgan fingerprint density at radius 3 is 1.27 bits per heavy atom. The van der Waals surface area contributed by atoms with Gasteiger partial charge in [-0.1, -0.05) is 71.7 Å². The second kappa shape index (κ2) is 20.1. The second-order valence-corrected chi connectivity index (χ2v) is 19.9. The average Bonchev–Trinajstić information content (AvgIpc) is 4.12. The van der Waals surface area contributed by atoms with Crippen molar-refractivity contribution in [1.82, 2.24) is 29.5 Å². The zero-order chi connectivity index (χ0) is 45.4. The first-order valence-electron chi connectivity index (χ1n) is 19.9. The fourth-order valence-corrected chi connectivity index (χ4v) is 9.77. The first kappa shape index (κ1) is 45.8. The van der Waals surface area contributed by atoms with Crippen molar-refractivity contribution in [2.75, 3.05) is 25.7 Å². The van der Waals surface area contributed by atoms with Gasteiger partial charge in [0.25, 0.3) is 0 Å². The molecule has 332 valence electrons. The van der Waals surface area contributed by atoms with E-state index in [0.29, 0.717) is 80.6 Å². The molecular weight excluding hydrogens is 900 g/mol. The zero-order valence-corrected chi connectivity index (χ0v) is 38.5. The normalized spacial score (nSPS) is 11.6. The number of furan rings is 2. The summed E-state index contributed by atoms with van der Waals surface area (Å²) in [6, 6.07) is 32.5. The van der Waals surface area contributed by atoms with E-state index in [9.17, 15) is 16.8 Å². The molecule has 4 aromatic heterocycles. The molecule has 4 heterocycles. The molecule has 0 fully saturated rings. The minimum absolute atomic E-state index is 0.0253. The number of ether oxygens (including phenoxy) is 2. The number of hydrogen-bond acceptors (Lipinski definition) is 12. The molecule has 0 spiro atoms. The van der Waals surface area contributed by atoms with Crippen LogP contribution in [-0.4, -0.2) is 72.1 Å². The molecular formula is C46H44Cl2N6O8S2. The maximum Gasteiger partial charge on any atom is 0.204 e. The van der Waals surface area contributed by atoms with Crippen LogP contribution in [0.3, 0.4) is 0 Å². The summed E-state index contributed by atoms with van der Waals surface area (Å²) < 4.78 is 77.6. The molecule has 4 aromatic carbocycles. The second-order valence-electron chi connectivity index (χ2n) is 14.7. The highest BCUT2D eigenvalue weighted by Gasteiger charge is 2.27. The third-order valence-electron chi connectivity index (χ3n) is 10.2. The van der Waals surface area contributed by atoms with Gasteiger partial charge in [-0.15, -0.1) is 20.4 Å². The van der Waals surface area contributed by atoms with Crippen molar-refractivity contribution in [3.05, 3.63) is 166 Å². The van der Waals surface area contributed by atoms with E-state index in [-0.39, 0.29) is 23.0 Å². The molecule has 0 aliphatic carbocycles. The lowest BCUT2D eigenvalue weighted by Gasteiger charge is -2.16. The van der Waals surface area contributed by atoms with Crippen LogP contribution >= 0.6 is 23.2 Å². The van der Waals surface area contributed by atoms with Gasteiger partial charge in [0, 0.05) is 10.0 Å². The van der Waals surface area contributed by atoms with E-state index in [4.69, 9.17) is 41.5 Å². The number of benzene rings is 4. The van der Waals surface area contributed by atoms with Crippen molar-refractivity contribution < 1.29 is 35.1 Å². The maximum atomic E-state index is 13.0. The molecule has 0 bridgehead atoms. The van der Waals surface area contributed by atoms with Gasteiger partial charge in [-0.2, -0.15) is 0 Å². The molecule has 0 radical (unpaired) electrons. The predicted molar refractivity (Wildman–Crippen MR) is 246 cm³/mol. The van der Waals surface area contributed by atoms with Gasteiger partial charge in [0.1, 0.15) is 23.0 Å². The summed E-state index contributed by atoms with van der Waals surface area (Å²) in [6.45, 7) is 3.84. The Bertz CT molecular complexity index is 2840. The van der Waals surface area contributed by atoms with Gasteiger partial charge in [0.05, 0.1) is 49.6 Å². The first-order chi connectivity index (χ1) is 30.8. The van der Waals surface area contributed by atoms with Gasteiger partial charge in [0.2, 0.25) is 11.6 Å². The third kappa shape index (κ3) is 10.9. The van der Waals surface area contributed by atoms with Crippen molar-refractivity contribution in [3.63, 3.8) is 0 Å². The molecule has 0 saturated carbocycles. The number of nitrogens with zero attached hydrogens (tertiary/aromatic N) is 6. The smallest absolute Gasteiger partial charge is 0.204 e. The summed E-state index contributed by atoms with van der Waals surface area (Å²) in [7, 11) is -3.84. The number of aryl methyl sites for hydroxylation is 4. The number of halogens is 2. The SMILES string of the molecule is COc1cccc(C)c1-n1c(CS(=O)(=O)CCc2ccc(Cl)cc2)nnc1-c1ccco1.COc1cccc(C)c1-n1c(CS(=O)(=O)CCc2ccc(Cl)cc2)nnc1-c1ccco1. The minimum atomic E-state index is -3.49. The number of sulfone groups is 2. The fourth-order valence-electron chi connectivity index (χ4n) is 6.97. The molecule has 18 heteroatoms. The van der Waals surface area contributed by atoms with Crippen LogP contribution in [0.1, 0.15) is 33.9 Å². The van der Waals surface area contributed by atoms with Crippen LogP contribution in [0, 0.1) is 13.8 Å². The van der Waals surface area contributed by atoms with E-state index in [1.165, 1.54) is 12.5 Å². The van der Waals surface area contributed by atoms with Crippen LogP contribution in [0.5, 0.6) is 11.5 Å². The van der Waals surface area contributed by atoms with E-state index >= 15 is 0 Å². The monoisotopic (exact) mass is 942 g/mol. The van der Waals surface area contributed by atoms with Crippen molar-refractivity contribution in [1.29, 1.82) is 0 Å². The van der Waals surface area contributed by atoms with E-state index in [2.05, 4.69) is 20.4 Å². The van der Waals surface area contributed by atoms with E-state index < -0.39 is 19.7 Å². The first-order valence-corrected chi connectivity index (χ1v) is 24.3. The van der Waals surface area contributed by atoms with Crippen molar-refractivity contribution >= 4 is 42.9 Å². The molecule has 8 rings (SSSR count). The fraction of sp³-hybridized carbons (Fsp3) is 0.217. The van der Waals surface area contributed by atoms with Gasteiger partial charge in [-0.3, -0.25) is 9.13 Å². The minimum Gasteiger partial charge on any atom is -0.495 e. The van der Waals surface area contributed by atoms with E-state index in [0.717, 1.165) is 22.3 Å². The molecule has 0 aliphatic rings. The Balaban J connectivity index is 0.000000191. The molecule has 0 atom stereocenters. The van der Waals surface area contributed by atoms with Gasteiger partial charge in [-0.05, 0) is 110 Å². The number of para-hydroxylation sites is 2. The maximum absolute atomic E-state index is 13.0. The highest BCUT2D eigenvalue weighted by atomic mass is 35.5. The summed E-state index contributed by atoms with van der Waals surface area (Å²) >= 11 is 11.8. The van der Waals surface area contributed by atoms with E-state index in [1.807, 2.05) is 74.5 Å². The highest BCUT2D eigenvalue weighted by molar-refractivity contribution is 7.90. The molecule has 0 unspecified atom stereocenters. The molecule has 0 saturated heterocycles. The highest BCUT2D eigenvalue weighted by Crippen LogP contribution is 2.34. The Hall–Kier alpha value is -6.20. The Morgan fingerprint density at radius 1 is 0.531 bits per heavy atom. The molecule has 0 aliphatic heterocycles. The molecule has 0 amide bonds. The number of methoxy groups -OCH3 is 2. The third-order valence-corrected chi connectivity index (χ3v) is 13.7. The average molecular weight is 944 g/mol. The predicted octanol–water partition coefficient (Wildman–Crippen LogP) is 9.31. The topological polar surface area (TPSA) is 174 Å². The summed E-state index contributed by atoms with van der Waals surface area (Å²) in [5.41, 5.74) is 4.92. The van der Waals surface area contributed by atoms with Crippen LogP contribution in [0.2, 0.25) is 10.0 Å². The lowest BCUT2D eigenvalue weighted by Crippen LogP contribution is -2.16. The standard InChI is InChI=1S/2C23H22ClN3O4S/c2*1-16-5-3-6-19(30-2)22(16)27-21(25-26-23(27)20-7-4-13-31-20)15-32(28,29)14-12-17-8-10-18(24)11-9-17/h2*3-11,13H,12,14-15H2,1-2H3. The molecule has 14 nitrogen and oxygen atoms in total. The Kier molecular flexibility index (Phi) is 14.4. The zero-order valence-electron chi connectivity index (χ0n) is 35.3. The van der Waals surface area contributed by atoms with Crippen molar-refractivity contribution in [3.8, 4) is 46.0 Å². The van der Waals surface area contributed by atoms with Gasteiger partial charge in [-0.25, -0.2) is 16.8 Å². The number of hydrogen-bond donors (Lipinski definition) is 0. The number of rotatable bonds is 16. The van der Waals surface area contributed by atoms with Crippen LogP contribution in [0.15, 0.2) is 131 Å².